The lowest BCUT2D eigenvalue weighted by atomic mass is 9.97. The number of methoxy groups -OCH3 is 2. The third-order valence-corrected chi connectivity index (χ3v) is 7.52. The van der Waals surface area contributed by atoms with Crippen molar-refractivity contribution in [2.24, 2.45) is 5.92 Å². The van der Waals surface area contributed by atoms with E-state index in [9.17, 15) is 14.9 Å². The molecule has 1 fully saturated rings. The first kappa shape index (κ1) is 23.9. The van der Waals surface area contributed by atoms with Crippen LogP contribution >= 0.6 is 11.3 Å². The Bertz CT molecular complexity index is 1400. The van der Waals surface area contributed by atoms with Crippen molar-refractivity contribution in [3.8, 4) is 22.9 Å². The molecule has 1 N–H and O–H groups in total. The second-order valence-corrected chi connectivity index (χ2v) is 9.95. The van der Waals surface area contributed by atoms with Crippen molar-refractivity contribution in [2.75, 3.05) is 26.1 Å². The Balaban J connectivity index is 1.38. The van der Waals surface area contributed by atoms with Crippen LogP contribution in [0.1, 0.15) is 38.6 Å². The zero-order valence-corrected chi connectivity index (χ0v) is 21.0. The fourth-order valence-electron chi connectivity index (χ4n) is 4.48. The average molecular weight is 504 g/mol. The molecule has 1 aliphatic heterocycles. The Labute approximate surface area is 212 Å². The molecule has 1 saturated carbocycles. The van der Waals surface area contributed by atoms with E-state index in [-0.39, 0.29) is 23.8 Å². The van der Waals surface area contributed by atoms with Crippen LogP contribution in [0, 0.1) is 24.2 Å². The maximum atomic E-state index is 13.4. The van der Waals surface area contributed by atoms with E-state index in [0.717, 1.165) is 22.7 Å². The number of fused-ring (bicyclic) bond motifs is 1. The van der Waals surface area contributed by atoms with Gasteiger partial charge in [0.1, 0.15) is 5.75 Å². The van der Waals surface area contributed by atoms with Crippen molar-refractivity contribution >= 4 is 28.3 Å². The van der Waals surface area contributed by atoms with E-state index in [4.69, 9.17) is 9.47 Å². The van der Waals surface area contributed by atoms with Crippen LogP contribution in [0.15, 0.2) is 30.5 Å². The van der Waals surface area contributed by atoms with Gasteiger partial charge in [0.2, 0.25) is 5.91 Å². The minimum Gasteiger partial charge on any atom is -0.496 e. The van der Waals surface area contributed by atoms with Gasteiger partial charge in [-0.05, 0) is 37.6 Å². The van der Waals surface area contributed by atoms with Crippen LogP contribution in [0.5, 0.6) is 5.75 Å². The third-order valence-electron chi connectivity index (χ3n) is 6.52. The van der Waals surface area contributed by atoms with Crippen molar-refractivity contribution in [1.29, 1.82) is 5.26 Å². The molecule has 2 atom stereocenters. The number of benzene rings is 1. The number of hydrogen-bond acceptors (Lipinski definition) is 8. The van der Waals surface area contributed by atoms with Crippen LogP contribution in [-0.4, -0.2) is 53.6 Å². The Morgan fingerprint density at radius 1 is 1.25 bits per heavy atom. The first-order valence-electron chi connectivity index (χ1n) is 11.6. The van der Waals surface area contributed by atoms with Crippen LogP contribution < -0.4 is 10.1 Å². The van der Waals surface area contributed by atoms with Gasteiger partial charge in [-0.25, -0.2) is 4.98 Å². The van der Waals surface area contributed by atoms with Gasteiger partial charge < -0.3 is 14.4 Å². The molecule has 36 heavy (non-hydrogen) atoms. The molecule has 2 amide bonds. The van der Waals surface area contributed by atoms with E-state index in [1.54, 1.807) is 38.5 Å². The number of amides is 2. The topological polar surface area (TPSA) is 117 Å². The third kappa shape index (κ3) is 4.55. The van der Waals surface area contributed by atoms with E-state index in [0.29, 0.717) is 52.6 Å². The number of anilines is 1. The molecule has 2 unspecified atom stereocenters. The number of nitrogens with one attached hydrogen (secondary N) is 1. The number of hydrogen-bond donors (Lipinski definition) is 1. The predicted molar refractivity (Wildman–Crippen MR) is 134 cm³/mol. The number of aryl methyl sites for hydroxylation is 1. The summed E-state index contributed by atoms with van der Waals surface area (Å²) in [6.07, 6.45) is 2.97. The summed E-state index contributed by atoms with van der Waals surface area (Å²) in [4.78, 5) is 37.9. The van der Waals surface area contributed by atoms with Gasteiger partial charge in [-0.3, -0.25) is 19.9 Å². The summed E-state index contributed by atoms with van der Waals surface area (Å²) < 4.78 is 10.8. The zero-order valence-electron chi connectivity index (χ0n) is 20.2. The van der Waals surface area contributed by atoms with Crippen LogP contribution in [0.4, 0.5) is 5.13 Å². The first-order chi connectivity index (χ1) is 17.4. The summed E-state index contributed by atoms with van der Waals surface area (Å²) in [7, 11) is 3.18. The number of ether oxygens (including phenoxy) is 2. The number of thiazole rings is 1. The number of nitriles is 1. The number of carbonyl (C=O) groups excluding carboxylic acids is 2. The standard InChI is InChI=1S/C26H25N5O4S/c1-14-8-16(17-9-15(11-27)4-5-21(17)34-2)19(12-28-14)24(32)30-26-29-20-6-7-31(13-23(20)36-26)25(33)18-10-22(18)35-3/h4-5,8-9,12,18,22H,6-7,10,13H2,1-3H3,(H,29,30,32). The first-order valence-corrected chi connectivity index (χ1v) is 12.4. The summed E-state index contributed by atoms with van der Waals surface area (Å²) in [5.41, 5.74) is 3.69. The number of pyridine rings is 1. The normalized spacial score (nSPS) is 18.2. The molecule has 2 aliphatic rings. The molecular formula is C26H25N5O4S. The number of aromatic nitrogens is 2. The van der Waals surface area contributed by atoms with Gasteiger partial charge in [0, 0.05) is 48.0 Å². The molecule has 1 aliphatic carbocycles. The van der Waals surface area contributed by atoms with Crippen molar-refractivity contribution in [2.45, 2.75) is 32.4 Å². The Kier molecular flexibility index (Phi) is 6.43. The summed E-state index contributed by atoms with van der Waals surface area (Å²) in [6.45, 7) is 2.94. The number of carbonyl (C=O) groups is 2. The summed E-state index contributed by atoms with van der Waals surface area (Å²) >= 11 is 1.38. The lowest BCUT2D eigenvalue weighted by Gasteiger charge is -2.26. The fraction of sp³-hybridized carbons (Fsp3) is 0.346. The van der Waals surface area contributed by atoms with Gasteiger partial charge in [0.25, 0.3) is 5.91 Å². The zero-order chi connectivity index (χ0) is 25.4. The van der Waals surface area contributed by atoms with E-state index >= 15 is 0 Å². The number of rotatable bonds is 6. The molecule has 0 bridgehead atoms. The second kappa shape index (κ2) is 9.68. The van der Waals surface area contributed by atoms with Gasteiger partial charge in [0.15, 0.2) is 5.13 Å². The molecule has 3 aromatic rings. The van der Waals surface area contributed by atoms with Gasteiger partial charge >= 0.3 is 0 Å². The molecule has 184 valence electrons. The van der Waals surface area contributed by atoms with E-state index in [1.807, 2.05) is 11.8 Å². The lowest BCUT2D eigenvalue weighted by molar-refractivity contribution is -0.134. The lowest BCUT2D eigenvalue weighted by Crippen LogP contribution is -2.37. The maximum absolute atomic E-state index is 13.4. The monoisotopic (exact) mass is 503 g/mol. The smallest absolute Gasteiger partial charge is 0.259 e. The van der Waals surface area contributed by atoms with Crippen molar-refractivity contribution in [1.82, 2.24) is 14.9 Å². The molecule has 3 heterocycles. The minimum absolute atomic E-state index is 0.0278. The highest BCUT2D eigenvalue weighted by Crippen LogP contribution is 2.38. The maximum Gasteiger partial charge on any atom is 0.259 e. The van der Waals surface area contributed by atoms with Crippen molar-refractivity contribution in [3.05, 3.63) is 57.9 Å². The van der Waals surface area contributed by atoms with E-state index in [2.05, 4.69) is 21.4 Å². The molecule has 2 aromatic heterocycles. The molecule has 1 aromatic carbocycles. The molecular weight excluding hydrogens is 478 g/mol. The summed E-state index contributed by atoms with van der Waals surface area (Å²) in [6, 6.07) is 9.02. The molecule has 10 heteroatoms. The summed E-state index contributed by atoms with van der Waals surface area (Å²) in [5.74, 6) is 0.263. The fourth-order valence-corrected chi connectivity index (χ4v) is 5.50. The van der Waals surface area contributed by atoms with Gasteiger partial charge in [-0.1, -0.05) is 11.3 Å². The van der Waals surface area contributed by atoms with E-state index < -0.39 is 0 Å². The molecule has 0 saturated heterocycles. The van der Waals surface area contributed by atoms with Gasteiger partial charge in [-0.15, -0.1) is 0 Å². The highest BCUT2D eigenvalue weighted by molar-refractivity contribution is 7.15. The molecule has 5 rings (SSSR count). The van der Waals surface area contributed by atoms with Gasteiger partial charge in [0.05, 0.1) is 48.6 Å². The quantitative estimate of drug-likeness (QED) is 0.546. The second-order valence-electron chi connectivity index (χ2n) is 8.87. The highest BCUT2D eigenvalue weighted by atomic mass is 32.1. The molecule has 9 nitrogen and oxygen atoms in total. The Morgan fingerprint density at radius 2 is 2.08 bits per heavy atom. The average Bonchev–Trinajstić information content (AvgIpc) is 3.58. The minimum atomic E-state index is -0.359. The van der Waals surface area contributed by atoms with Crippen LogP contribution in [0.25, 0.3) is 11.1 Å². The highest BCUT2D eigenvalue weighted by Gasteiger charge is 2.46. The Morgan fingerprint density at radius 3 is 2.81 bits per heavy atom. The predicted octanol–water partition coefficient (Wildman–Crippen LogP) is 3.57. The van der Waals surface area contributed by atoms with Crippen molar-refractivity contribution < 1.29 is 19.1 Å². The molecule has 0 spiro atoms. The van der Waals surface area contributed by atoms with E-state index in [1.165, 1.54) is 17.5 Å². The Hall–Kier alpha value is -3.81. The van der Waals surface area contributed by atoms with Crippen LogP contribution in [-0.2, 0) is 22.5 Å². The van der Waals surface area contributed by atoms with Crippen LogP contribution in [0.3, 0.4) is 0 Å². The van der Waals surface area contributed by atoms with Crippen molar-refractivity contribution in [3.63, 3.8) is 0 Å². The largest absolute Gasteiger partial charge is 0.496 e. The summed E-state index contributed by atoms with van der Waals surface area (Å²) in [5, 5.41) is 12.8. The number of nitrogens with zero attached hydrogens (tertiary/aromatic N) is 4. The van der Waals surface area contributed by atoms with Crippen LogP contribution in [0.2, 0.25) is 0 Å². The SMILES string of the molecule is COc1ccc(C#N)cc1-c1cc(C)ncc1C(=O)Nc1nc2c(s1)CN(C(=O)C1CC1OC)CC2. The molecule has 0 radical (unpaired) electrons. The van der Waals surface area contributed by atoms with Gasteiger partial charge in [-0.2, -0.15) is 5.26 Å².